The Morgan fingerprint density at radius 3 is 2.45 bits per heavy atom. The molecule has 0 bridgehead atoms. The van der Waals surface area contributed by atoms with E-state index in [1.54, 1.807) is 0 Å². The van der Waals surface area contributed by atoms with Crippen molar-refractivity contribution in [3.8, 4) is 12.0 Å². The number of rotatable bonds is 10. The van der Waals surface area contributed by atoms with Gasteiger partial charge in [0, 0.05) is 13.2 Å². The van der Waals surface area contributed by atoms with Crippen LogP contribution in [-0.4, -0.2) is 47.4 Å². The zero-order valence-electron chi connectivity index (χ0n) is 12.7. The van der Waals surface area contributed by atoms with Gasteiger partial charge in [-0.25, -0.2) is 0 Å². The Morgan fingerprint density at radius 2 is 1.80 bits per heavy atom. The molecule has 0 aliphatic rings. The van der Waals surface area contributed by atoms with Crippen molar-refractivity contribution >= 4 is 5.95 Å². The van der Waals surface area contributed by atoms with E-state index < -0.39 is 0 Å². The summed E-state index contributed by atoms with van der Waals surface area (Å²) in [4.78, 5) is 12.5. The lowest BCUT2D eigenvalue weighted by Crippen LogP contribution is -2.21. The van der Waals surface area contributed by atoms with Crippen molar-refractivity contribution in [3.05, 3.63) is 0 Å². The van der Waals surface area contributed by atoms with E-state index in [4.69, 9.17) is 14.2 Å². The molecule has 1 atom stereocenters. The predicted molar refractivity (Wildman–Crippen MR) is 76.4 cm³/mol. The Labute approximate surface area is 120 Å². The van der Waals surface area contributed by atoms with Crippen LogP contribution in [-0.2, 0) is 4.74 Å². The topological polar surface area (TPSA) is 78.4 Å². The van der Waals surface area contributed by atoms with E-state index in [9.17, 15) is 0 Å². The fourth-order valence-corrected chi connectivity index (χ4v) is 1.40. The number of hydrogen-bond donors (Lipinski definition) is 1. The molecule has 1 heterocycles. The minimum Gasteiger partial charge on any atom is -0.464 e. The molecule has 0 spiro atoms. The van der Waals surface area contributed by atoms with Gasteiger partial charge in [0.05, 0.1) is 13.2 Å². The maximum atomic E-state index is 5.62. The molecule has 0 saturated heterocycles. The van der Waals surface area contributed by atoms with Gasteiger partial charge in [0.2, 0.25) is 5.95 Å². The molecule has 0 fully saturated rings. The van der Waals surface area contributed by atoms with Crippen molar-refractivity contribution < 1.29 is 14.2 Å². The van der Waals surface area contributed by atoms with Gasteiger partial charge in [-0.2, -0.15) is 9.97 Å². The van der Waals surface area contributed by atoms with Crippen LogP contribution in [0.1, 0.15) is 34.1 Å². The van der Waals surface area contributed by atoms with E-state index in [-0.39, 0.29) is 18.1 Å². The number of anilines is 1. The smallest absolute Gasteiger partial charge is 0.324 e. The van der Waals surface area contributed by atoms with Gasteiger partial charge in [-0.3, -0.25) is 0 Å². The highest BCUT2D eigenvalue weighted by Gasteiger charge is 2.11. The fourth-order valence-electron chi connectivity index (χ4n) is 1.40. The third-order valence-corrected chi connectivity index (χ3v) is 2.26. The van der Waals surface area contributed by atoms with Crippen LogP contribution in [0.2, 0.25) is 0 Å². The van der Waals surface area contributed by atoms with Gasteiger partial charge >= 0.3 is 12.0 Å². The van der Waals surface area contributed by atoms with Crippen LogP contribution in [0.5, 0.6) is 12.0 Å². The Hall–Kier alpha value is -1.63. The lowest BCUT2D eigenvalue weighted by Gasteiger charge is -2.14. The molecule has 20 heavy (non-hydrogen) atoms. The maximum absolute atomic E-state index is 5.62. The minimum absolute atomic E-state index is 0.133. The largest absolute Gasteiger partial charge is 0.464 e. The molecule has 0 amide bonds. The summed E-state index contributed by atoms with van der Waals surface area (Å²) < 4.78 is 16.2. The first-order valence-electron chi connectivity index (χ1n) is 7.06. The van der Waals surface area contributed by atoms with Gasteiger partial charge in [0.15, 0.2) is 0 Å². The fraction of sp³-hybridized carbons (Fsp3) is 0.769. The lowest BCUT2D eigenvalue weighted by molar-refractivity contribution is 0.0601. The Balaban J connectivity index is 2.73. The standard InChI is InChI=1S/C13H24N4O3/c1-5-8-14-11-15-12(19-7-3)17-13(16-11)20-10(4)9-18-6-2/h10H,5-9H2,1-4H3,(H,14,15,16,17). The molecular weight excluding hydrogens is 260 g/mol. The van der Waals surface area contributed by atoms with Crippen LogP contribution in [0.4, 0.5) is 5.95 Å². The van der Waals surface area contributed by atoms with E-state index in [1.807, 2.05) is 20.8 Å². The van der Waals surface area contributed by atoms with Crippen molar-refractivity contribution in [1.82, 2.24) is 15.0 Å². The van der Waals surface area contributed by atoms with E-state index in [0.717, 1.165) is 13.0 Å². The molecule has 7 heteroatoms. The van der Waals surface area contributed by atoms with Crippen molar-refractivity contribution in [2.75, 3.05) is 31.7 Å². The summed E-state index contributed by atoms with van der Waals surface area (Å²) in [5.74, 6) is 0.462. The summed E-state index contributed by atoms with van der Waals surface area (Å²) in [5, 5.41) is 3.10. The average molecular weight is 284 g/mol. The predicted octanol–water partition coefficient (Wildman–Crippen LogP) is 1.90. The SMILES string of the molecule is CCCNc1nc(OCC)nc(OC(C)COCC)n1. The highest BCUT2D eigenvalue weighted by atomic mass is 16.5. The van der Waals surface area contributed by atoms with E-state index in [1.165, 1.54) is 0 Å². The molecule has 1 aromatic heterocycles. The highest BCUT2D eigenvalue weighted by Crippen LogP contribution is 2.14. The molecule has 1 unspecified atom stereocenters. The number of aromatic nitrogens is 3. The maximum Gasteiger partial charge on any atom is 0.324 e. The number of nitrogens with zero attached hydrogens (tertiary/aromatic N) is 3. The Bertz CT molecular complexity index is 390. The zero-order valence-corrected chi connectivity index (χ0v) is 12.7. The van der Waals surface area contributed by atoms with Gasteiger partial charge < -0.3 is 19.5 Å². The van der Waals surface area contributed by atoms with Crippen molar-refractivity contribution in [2.45, 2.75) is 40.2 Å². The van der Waals surface area contributed by atoms with E-state index in [0.29, 0.717) is 25.8 Å². The van der Waals surface area contributed by atoms with Crippen LogP contribution in [0, 0.1) is 0 Å². The molecule has 0 radical (unpaired) electrons. The molecule has 1 N–H and O–H groups in total. The molecule has 7 nitrogen and oxygen atoms in total. The summed E-state index contributed by atoms with van der Waals surface area (Å²) in [6.45, 7) is 10.2. The van der Waals surface area contributed by atoms with Gasteiger partial charge in [0.1, 0.15) is 6.10 Å². The molecular formula is C13H24N4O3. The minimum atomic E-state index is -0.133. The van der Waals surface area contributed by atoms with Crippen LogP contribution in [0.3, 0.4) is 0 Å². The molecule has 0 aromatic carbocycles. The van der Waals surface area contributed by atoms with Gasteiger partial charge in [0.25, 0.3) is 0 Å². The van der Waals surface area contributed by atoms with Crippen molar-refractivity contribution in [3.63, 3.8) is 0 Å². The Morgan fingerprint density at radius 1 is 1.05 bits per heavy atom. The van der Waals surface area contributed by atoms with Gasteiger partial charge in [-0.05, 0) is 27.2 Å². The normalized spacial score (nSPS) is 12.0. The summed E-state index contributed by atoms with van der Waals surface area (Å²) in [5.41, 5.74) is 0. The zero-order chi connectivity index (χ0) is 14.8. The third kappa shape index (κ3) is 6.01. The van der Waals surface area contributed by atoms with E-state index in [2.05, 4.69) is 27.2 Å². The monoisotopic (exact) mass is 284 g/mol. The van der Waals surface area contributed by atoms with Crippen molar-refractivity contribution in [2.24, 2.45) is 0 Å². The van der Waals surface area contributed by atoms with Gasteiger partial charge in [-0.1, -0.05) is 6.92 Å². The first kappa shape index (κ1) is 16.4. The number of nitrogens with one attached hydrogen (secondary N) is 1. The summed E-state index contributed by atoms with van der Waals surface area (Å²) in [6.07, 6.45) is 0.845. The molecule has 1 rings (SSSR count). The van der Waals surface area contributed by atoms with Crippen LogP contribution in [0.25, 0.3) is 0 Å². The number of ether oxygens (including phenoxy) is 3. The molecule has 114 valence electrons. The van der Waals surface area contributed by atoms with Gasteiger partial charge in [-0.15, -0.1) is 4.98 Å². The average Bonchev–Trinajstić information content (AvgIpc) is 2.43. The van der Waals surface area contributed by atoms with Crippen molar-refractivity contribution in [1.29, 1.82) is 0 Å². The summed E-state index contributed by atoms with van der Waals surface area (Å²) in [7, 11) is 0. The Kier molecular flexibility index (Phi) is 7.64. The molecule has 0 saturated carbocycles. The first-order valence-corrected chi connectivity index (χ1v) is 7.06. The number of hydrogen-bond acceptors (Lipinski definition) is 7. The second-order valence-corrected chi connectivity index (χ2v) is 4.17. The second kappa shape index (κ2) is 9.30. The van der Waals surface area contributed by atoms with Crippen LogP contribution < -0.4 is 14.8 Å². The molecule has 0 aliphatic heterocycles. The third-order valence-electron chi connectivity index (χ3n) is 2.26. The molecule has 0 aliphatic carbocycles. The molecule has 1 aromatic rings. The second-order valence-electron chi connectivity index (χ2n) is 4.17. The summed E-state index contributed by atoms with van der Waals surface area (Å²) in [6, 6.07) is 0.508. The quantitative estimate of drug-likeness (QED) is 0.703. The van der Waals surface area contributed by atoms with Crippen LogP contribution in [0.15, 0.2) is 0 Å². The lowest BCUT2D eigenvalue weighted by atomic mass is 10.4. The summed E-state index contributed by atoms with van der Waals surface area (Å²) >= 11 is 0. The highest BCUT2D eigenvalue weighted by molar-refractivity contribution is 5.27. The van der Waals surface area contributed by atoms with Crippen LogP contribution >= 0.6 is 0 Å². The van der Waals surface area contributed by atoms with E-state index >= 15 is 0 Å². The first-order chi connectivity index (χ1) is 9.69.